The van der Waals surface area contributed by atoms with Gasteiger partial charge in [0.25, 0.3) is 0 Å². The van der Waals surface area contributed by atoms with E-state index in [1.807, 2.05) is 0 Å². The summed E-state index contributed by atoms with van der Waals surface area (Å²) in [7, 11) is -3.35. The van der Waals surface area contributed by atoms with E-state index in [2.05, 4.69) is 4.98 Å². The standard InChI is InChI=1S/C11H18N2O3S/c14-8-2-4-10-3-1-7-13(10)17(15,16)11-5-6-12-9-11/h5-6,9-10,12,14H,1-4,7-8H2. The van der Waals surface area contributed by atoms with Crippen molar-refractivity contribution in [3.8, 4) is 0 Å². The van der Waals surface area contributed by atoms with E-state index in [1.54, 1.807) is 16.6 Å². The third-order valence-corrected chi connectivity index (χ3v) is 5.14. The largest absolute Gasteiger partial charge is 0.396 e. The van der Waals surface area contributed by atoms with Crippen LogP contribution in [0.4, 0.5) is 0 Å². The fourth-order valence-corrected chi connectivity index (χ4v) is 4.05. The predicted molar refractivity (Wildman–Crippen MR) is 64.0 cm³/mol. The maximum Gasteiger partial charge on any atom is 0.244 e. The van der Waals surface area contributed by atoms with Gasteiger partial charge in [0, 0.05) is 31.6 Å². The van der Waals surface area contributed by atoms with E-state index < -0.39 is 10.0 Å². The lowest BCUT2D eigenvalue weighted by Crippen LogP contribution is -2.35. The van der Waals surface area contributed by atoms with Crippen molar-refractivity contribution in [3.63, 3.8) is 0 Å². The van der Waals surface area contributed by atoms with Crippen LogP contribution >= 0.6 is 0 Å². The summed E-state index contributed by atoms with van der Waals surface area (Å²) >= 11 is 0. The summed E-state index contributed by atoms with van der Waals surface area (Å²) in [5, 5.41) is 8.83. The van der Waals surface area contributed by atoms with Crippen LogP contribution in [0.3, 0.4) is 0 Å². The molecule has 1 saturated heterocycles. The zero-order valence-electron chi connectivity index (χ0n) is 9.67. The van der Waals surface area contributed by atoms with Gasteiger partial charge in [0.05, 0.1) is 4.90 Å². The summed E-state index contributed by atoms with van der Waals surface area (Å²) in [4.78, 5) is 3.10. The average molecular weight is 258 g/mol. The number of aliphatic hydroxyl groups excluding tert-OH is 1. The highest BCUT2D eigenvalue weighted by atomic mass is 32.2. The lowest BCUT2D eigenvalue weighted by molar-refractivity contribution is 0.264. The number of hydrogen-bond donors (Lipinski definition) is 2. The molecule has 1 aromatic heterocycles. The van der Waals surface area contributed by atoms with Gasteiger partial charge < -0.3 is 10.1 Å². The van der Waals surface area contributed by atoms with Crippen LogP contribution in [-0.4, -0.2) is 42.0 Å². The van der Waals surface area contributed by atoms with Crippen molar-refractivity contribution in [1.29, 1.82) is 0 Å². The van der Waals surface area contributed by atoms with Crippen LogP contribution in [0.2, 0.25) is 0 Å². The monoisotopic (exact) mass is 258 g/mol. The second-order valence-corrected chi connectivity index (χ2v) is 6.21. The highest BCUT2D eigenvalue weighted by Crippen LogP contribution is 2.28. The molecule has 0 aliphatic carbocycles. The number of rotatable bonds is 5. The molecule has 0 saturated carbocycles. The van der Waals surface area contributed by atoms with Crippen LogP contribution in [0, 0.1) is 0 Å². The quantitative estimate of drug-likeness (QED) is 0.825. The van der Waals surface area contributed by atoms with Crippen molar-refractivity contribution in [3.05, 3.63) is 18.5 Å². The average Bonchev–Trinajstić information content (AvgIpc) is 2.97. The molecule has 0 radical (unpaired) electrons. The minimum Gasteiger partial charge on any atom is -0.396 e. The normalized spacial score (nSPS) is 22.1. The minimum atomic E-state index is -3.35. The molecular weight excluding hydrogens is 240 g/mol. The van der Waals surface area contributed by atoms with E-state index in [9.17, 15) is 8.42 Å². The molecule has 1 unspecified atom stereocenters. The van der Waals surface area contributed by atoms with Crippen LogP contribution < -0.4 is 0 Å². The molecule has 0 bridgehead atoms. The molecular formula is C11H18N2O3S. The Labute approximate surface area is 102 Å². The van der Waals surface area contributed by atoms with Gasteiger partial charge in [0.2, 0.25) is 10.0 Å². The lowest BCUT2D eigenvalue weighted by atomic mass is 10.1. The molecule has 5 nitrogen and oxygen atoms in total. The van der Waals surface area contributed by atoms with Crippen LogP contribution in [0.25, 0.3) is 0 Å². The number of aliphatic hydroxyl groups is 1. The van der Waals surface area contributed by atoms with E-state index in [-0.39, 0.29) is 12.6 Å². The van der Waals surface area contributed by atoms with Gasteiger partial charge in [-0.05, 0) is 31.7 Å². The van der Waals surface area contributed by atoms with E-state index >= 15 is 0 Å². The van der Waals surface area contributed by atoms with Crippen molar-refractivity contribution >= 4 is 10.0 Å². The van der Waals surface area contributed by atoms with Crippen molar-refractivity contribution in [2.24, 2.45) is 0 Å². The highest BCUT2D eigenvalue weighted by Gasteiger charge is 2.34. The summed E-state index contributed by atoms with van der Waals surface area (Å²) in [6.07, 6.45) is 6.32. The lowest BCUT2D eigenvalue weighted by Gasteiger charge is -2.23. The topological polar surface area (TPSA) is 73.4 Å². The Morgan fingerprint density at radius 2 is 2.35 bits per heavy atom. The maximum atomic E-state index is 12.3. The van der Waals surface area contributed by atoms with Gasteiger partial charge in [-0.2, -0.15) is 4.31 Å². The van der Waals surface area contributed by atoms with Gasteiger partial charge in [-0.1, -0.05) is 0 Å². The Morgan fingerprint density at radius 1 is 1.53 bits per heavy atom. The van der Waals surface area contributed by atoms with Crippen LogP contribution in [0.15, 0.2) is 23.4 Å². The molecule has 2 N–H and O–H groups in total. The predicted octanol–water partition coefficient (Wildman–Crippen LogP) is 0.940. The highest BCUT2D eigenvalue weighted by molar-refractivity contribution is 7.89. The van der Waals surface area contributed by atoms with Crippen molar-refractivity contribution in [2.75, 3.05) is 13.2 Å². The number of hydrogen-bond acceptors (Lipinski definition) is 3. The Hall–Kier alpha value is -0.850. The summed E-state index contributed by atoms with van der Waals surface area (Å²) in [5.41, 5.74) is 0. The van der Waals surface area contributed by atoms with Gasteiger partial charge in [-0.25, -0.2) is 8.42 Å². The molecule has 0 aromatic carbocycles. The Balaban J connectivity index is 2.15. The second-order valence-electron chi connectivity index (χ2n) is 4.32. The van der Waals surface area contributed by atoms with E-state index in [1.165, 1.54) is 6.20 Å². The fourth-order valence-electron chi connectivity index (χ4n) is 2.35. The van der Waals surface area contributed by atoms with Crippen LogP contribution in [-0.2, 0) is 10.0 Å². The van der Waals surface area contributed by atoms with Crippen LogP contribution in [0.1, 0.15) is 25.7 Å². The number of nitrogens with one attached hydrogen (secondary N) is 1. The summed E-state index contributed by atoms with van der Waals surface area (Å²) in [5.74, 6) is 0. The third-order valence-electron chi connectivity index (χ3n) is 3.19. The molecule has 6 heteroatoms. The van der Waals surface area contributed by atoms with Gasteiger partial charge in [0.1, 0.15) is 0 Å². The zero-order chi connectivity index (χ0) is 12.3. The first kappa shape index (κ1) is 12.6. The van der Waals surface area contributed by atoms with E-state index in [4.69, 9.17) is 5.11 Å². The number of aromatic nitrogens is 1. The summed E-state index contributed by atoms with van der Waals surface area (Å²) in [6, 6.07) is 1.62. The van der Waals surface area contributed by atoms with Gasteiger partial charge in [-0.15, -0.1) is 0 Å². The molecule has 1 aliphatic rings. The molecule has 1 aromatic rings. The third kappa shape index (κ3) is 2.53. The smallest absolute Gasteiger partial charge is 0.244 e. The Morgan fingerprint density at radius 3 is 3.00 bits per heavy atom. The van der Waals surface area contributed by atoms with E-state index in [0.717, 1.165) is 19.3 Å². The number of aromatic amines is 1. The summed E-state index contributed by atoms with van der Waals surface area (Å²) in [6.45, 7) is 0.706. The molecule has 96 valence electrons. The van der Waals surface area contributed by atoms with E-state index in [0.29, 0.717) is 17.9 Å². The first-order chi connectivity index (χ1) is 8.16. The number of sulfonamides is 1. The minimum absolute atomic E-state index is 0.0436. The fraction of sp³-hybridized carbons (Fsp3) is 0.636. The van der Waals surface area contributed by atoms with Crippen molar-refractivity contribution in [2.45, 2.75) is 36.6 Å². The van der Waals surface area contributed by atoms with Gasteiger partial charge in [-0.3, -0.25) is 0 Å². The molecule has 17 heavy (non-hydrogen) atoms. The molecule has 0 amide bonds. The SMILES string of the molecule is O=S(=O)(c1cc[nH]c1)N1CCCC1CCCO. The molecule has 1 atom stereocenters. The van der Waals surface area contributed by atoms with Crippen molar-refractivity contribution < 1.29 is 13.5 Å². The molecule has 2 rings (SSSR count). The first-order valence-corrected chi connectivity index (χ1v) is 7.36. The summed E-state index contributed by atoms with van der Waals surface area (Å²) < 4.78 is 26.2. The number of H-pyrrole nitrogens is 1. The molecule has 0 spiro atoms. The molecule has 2 heterocycles. The maximum absolute atomic E-state index is 12.3. The van der Waals surface area contributed by atoms with Gasteiger partial charge in [0.15, 0.2) is 0 Å². The van der Waals surface area contributed by atoms with Gasteiger partial charge >= 0.3 is 0 Å². The first-order valence-electron chi connectivity index (χ1n) is 5.92. The zero-order valence-corrected chi connectivity index (χ0v) is 10.5. The Bertz CT molecular complexity index is 441. The molecule has 1 aliphatic heterocycles. The molecule has 1 fully saturated rings. The second kappa shape index (κ2) is 5.20. The Kier molecular flexibility index (Phi) is 3.86. The number of nitrogens with zero attached hydrogens (tertiary/aromatic N) is 1. The van der Waals surface area contributed by atoms with Crippen molar-refractivity contribution in [1.82, 2.24) is 9.29 Å². The van der Waals surface area contributed by atoms with Crippen LogP contribution in [0.5, 0.6) is 0 Å².